The first kappa shape index (κ1) is 13.0. The third kappa shape index (κ3) is 3.75. The van der Waals surface area contributed by atoms with E-state index in [9.17, 15) is 0 Å². The molecule has 1 aromatic rings. The van der Waals surface area contributed by atoms with Crippen LogP contribution >= 0.6 is 11.8 Å². The van der Waals surface area contributed by atoms with Gasteiger partial charge in [-0.3, -0.25) is 0 Å². The molecule has 0 amide bonds. The molecule has 1 N–H and O–H groups in total. The molecule has 1 aliphatic carbocycles. The molecule has 1 aromatic carbocycles. The Kier molecular flexibility index (Phi) is 4.93. The van der Waals surface area contributed by atoms with E-state index in [1.165, 1.54) is 42.6 Å². The normalized spacial score (nSPS) is 24.8. The highest BCUT2D eigenvalue weighted by atomic mass is 32.2. The molecule has 2 heteroatoms. The molecule has 0 aliphatic heterocycles. The lowest BCUT2D eigenvalue weighted by atomic mass is 9.82. The van der Waals surface area contributed by atoms with Crippen molar-refractivity contribution in [3.63, 3.8) is 0 Å². The zero-order valence-electron chi connectivity index (χ0n) is 10.9. The first-order valence-corrected chi connectivity index (χ1v) is 7.84. The van der Waals surface area contributed by atoms with Gasteiger partial charge in [0.1, 0.15) is 0 Å². The van der Waals surface area contributed by atoms with Crippen LogP contribution in [0.25, 0.3) is 0 Å². The third-order valence-electron chi connectivity index (χ3n) is 3.94. The van der Waals surface area contributed by atoms with E-state index in [0.717, 1.165) is 12.0 Å². The maximum absolute atomic E-state index is 3.40. The van der Waals surface area contributed by atoms with Crippen LogP contribution in [0.15, 0.2) is 29.2 Å². The molecule has 0 radical (unpaired) electrons. The summed E-state index contributed by atoms with van der Waals surface area (Å²) in [5, 5.41) is 3.40. The number of hydrogen-bond acceptors (Lipinski definition) is 2. The van der Waals surface area contributed by atoms with Crippen molar-refractivity contribution in [2.75, 3.05) is 13.3 Å². The minimum absolute atomic E-state index is 0.769. The summed E-state index contributed by atoms with van der Waals surface area (Å²) in [6.07, 6.45) is 8.87. The van der Waals surface area contributed by atoms with Crippen LogP contribution in [0.3, 0.4) is 0 Å². The summed E-state index contributed by atoms with van der Waals surface area (Å²) < 4.78 is 0. The fourth-order valence-electron chi connectivity index (χ4n) is 2.75. The van der Waals surface area contributed by atoms with Gasteiger partial charge in [-0.1, -0.05) is 12.1 Å². The van der Waals surface area contributed by atoms with Gasteiger partial charge in [-0.2, -0.15) is 0 Å². The molecule has 1 saturated carbocycles. The number of hydrogen-bond donors (Lipinski definition) is 1. The van der Waals surface area contributed by atoms with E-state index in [-0.39, 0.29) is 0 Å². The lowest BCUT2D eigenvalue weighted by molar-refractivity contribution is 0.300. The van der Waals surface area contributed by atoms with Crippen molar-refractivity contribution in [1.82, 2.24) is 5.32 Å². The second kappa shape index (κ2) is 6.46. The first-order valence-electron chi connectivity index (χ1n) is 6.62. The summed E-state index contributed by atoms with van der Waals surface area (Å²) in [5.41, 5.74) is 1.51. The van der Waals surface area contributed by atoms with Gasteiger partial charge in [0.25, 0.3) is 0 Å². The molecule has 1 aliphatic rings. The van der Waals surface area contributed by atoms with E-state index in [4.69, 9.17) is 0 Å². The van der Waals surface area contributed by atoms with E-state index >= 15 is 0 Å². The maximum atomic E-state index is 3.40. The molecule has 17 heavy (non-hydrogen) atoms. The number of benzene rings is 1. The molecule has 1 fully saturated rings. The molecule has 1 nitrogen and oxygen atoms in total. The van der Waals surface area contributed by atoms with Crippen molar-refractivity contribution >= 4 is 11.8 Å². The van der Waals surface area contributed by atoms with E-state index in [0.29, 0.717) is 0 Å². The summed E-state index contributed by atoms with van der Waals surface area (Å²) in [7, 11) is 2.09. The predicted molar refractivity (Wildman–Crippen MR) is 76.7 cm³/mol. The van der Waals surface area contributed by atoms with Crippen LogP contribution in [-0.4, -0.2) is 19.3 Å². The summed E-state index contributed by atoms with van der Waals surface area (Å²) in [4.78, 5) is 1.37. The van der Waals surface area contributed by atoms with Crippen LogP contribution in [0.2, 0.25) is 0 Å². The SMILES string of the molecule is CNC1CCC(Cc2ccc(SC)cc2)CC1. The first-order chi connectivity index (χ1) is 8.31. The Bertz CT molecular complexity index is 325. The van der Waals surface area contributed by atoms with Gasteiger partial charge < -0.3 is 5.32 Å². The van der Waals surface area contributed by atoms with Crippen molar-refractivity contribution in [2.45, 2.75) is 43.0 Å². The smallest absolute Gasteiger partial charge is 0.00693 e. The molecular formula is C15H23NS. The van der Waals surface area contributed by atoms with Gasteiger partial charge in [0, 0.05) is 10.9 Å². The average Bonchev–Trinajstić information content (AvgIpc) is 2.40. The van der Waals surface area contributed by atoms with Gasteiger partial charge in [-0.15, -0.1) is 11.8 Å². The number of rotatable bonds is 4. The van der Waals surface area contributed by atoms with Crippen LogP contribution in [0.1, 0.15) is 31.2 Å². The van der Waals surface area contributed by atoms with Gasteiger partial charge in [0.05, 0.1) is 0 Å². The highest BCUT2D eigenvalue weighted by molar-refractivity contribution is 7.98. The van der Waals surface area contributed by atoms with Gasteiger partial charge in [0.2, 0.25) is 0 Å². The average molecular weight is 249 g/mol. The van der Waals surface area contributed by atoms with Crippen molar-refractivity contribution in [2.24, 2.45) is 5.92 Å². The minimum atomic E-state index is 0.769. The lowest BCUT2D eigenvalue weighted by Gasteiger charge is -2.28. The zero-order valence-corrected chi connectivity index (χ0v) is 11.7. The quantitative estimate of drug-likeness (QED) is 0.816. The third-order valence-corrected chi connectivity index (χ3v) is 4.68. The van der Waals surface area contributed by atoms with Gasteiger partial charge in [0.15, 0.2) is 0 Å². The van der Waals surface area contributed by atoms with Crippen molar-refractivity contribution in [3.8, 4) is 0 Å². The molecule has 94 valence electrons. The summed E-state index contributed by atoms with van der Waals surface area (Å²) >= 11 is 1.82. The monoisotopic (exact) mass is 249 g/mol. The van der Waals surface area contributed by atoms with Crippen molar-refractivity contribution in [3.05, 3.63) is 29.8 Å². The van der Waals surface area contributed by atoms with E-state index < -0.39 is 0 Å². The molecule has 0 atom stereocenters. The highest BCUT2D eigenvalue weighted by Crippen LogP contribution is 2.27. The predicted octanol–water partition coefficient (Wildman–Crippen LogP) is 3.73. The zero-order chi connectivity index (χ0) is 12.1. The Morgan fingerprint density at radius 1 is 1.12 bits per heavy atom. The van der Waals surface area contributed by atoms with E-state index in [1.807, 2.05) is 11.8 Å². The lowest BCUT2D eigenvalue weighted by Crippen LogP contribution is -2.30. The fraction of sp³-hybridized carbons (Fsp3) is 0.600. The molecule has 0 unspecified atom stereocenters. The Labute approximate surface area is 109 Å². The van der Waals surface area contributed by atoms with E-state index in [2.05, 4.69) is 42.9 Å². The molecule has 0 aromatic heterocycles. The largest absolute Gasteiger partial charge is 0.317 e. The summed E-state index contributed by atoms with van der Waals surface area (Å²) in [6, 6.07) is 9.87. The minimum Gasteiger partial charge on any atom is -0.317 e. The number of thioether (sulfide) groups is 1. The second-order valence-corrected chi connectivity index (χ2v) is 5.94. The Hall–Kier alpha value is -0.470. The standard InChI is InChI=1S/C15H23NS/c1-16-14-7-3-12(4-8-14)11-13-5-9-15(17-2)10-6-13/h5-6,9-10,12,14,16H,3-4,7-8,11H2,1-2H3. The molecule has 0 heterocycles. The molecule has 0 spiro atoms. The van der Waals surface area contributed by atoms with Crippen LogP contribution in [-0.2, 0) is 6.42 Å². The highest BCUT2D eigenvalue weighted by Gasteiger charge is 2.19. The van der Waals surface area contributed by atoms with Crippen molar-refractivity contribution < 1.29 is 0 Å². The molecule has 0 saturated heterocycles. The van der Waals surface area contributed by atoms with Crippen LogP contribution in [0.4, 0.5) is 0 Å². The maximum Gasteiger partial charge on any atom is 0.00693 e. The van der Waals surface area contributed by atoms with Crippen LogP contribution in [0.5, 0.6) is 0 Å². The van der Waals surface area contributed by atoms with Crippen LogP contribution < -0.4 is 5.32 Å². The molecule has 0 bridgehead atoms. The Morgan fingerprint density at radius 3 is 2.29 bits per heavy atom. The molecule has 2 rings (SSSR count). The Morgan fingerprint density at radius 2 is 1.76 bits per heavy atom. The van der Waals surface area contributed by atoms with Gasteiger partial charge in [-0.25, -0.2) is 0 Å². The van der Waals surface area contributed by atoms with Gasteiger partial charge >= 0.3 is 0 Å². The second-order valence-electron chi connectivity index (χ2n) is 5.06. The number of nitrogens with one attached hydrogen (secondary N) is 1. The fourth-order valence-corrected chi connectivity index (χ4v) is 3.16. The molecular weight excluding hydrogens is 226 g/mol. The van der Waals surface area contributed by atoms with Gasteiger partial charge in [-0.05, 0) is 69.0 Å². The van der Waals surface area contributed by atoms with Crippen molar-refractivity contribution in [1.29, 1.82) is 0 Å². The summed E-state index contributed by atoms with van der Waals surface area (Å²) in [6.45, 7) is 0. The van der Waals surface area contributed by atoms with E-state index in [1.54, 1.807) is 0 Å². The topological polar surface area (TPSA) is 12.0 Å². The summed E-state index contributed by atoms with van der Waals surface area (Å²) in [5.74, 6) is 0.903. The van der Waals surface area contributed by atoms with Crippen LogP contribution in [0, 0.1) is 5.92 Å². The Balaban J connectivity index is 1.84.